The molecule has 0 spiro atoms. The summed E-state index contributed by atoms with van der Waals surface area (Å²) in [7, 11) is 2.43. The number of benzene rings is 2. The van der Waals surface area contributed by atoms with Crippen LogP contribution in [0.25, 0.3) is 11.3 Å². The van der Waals surface area contributed by atoms with Gasteiger partial charge in [0.2, 0.25) is 0 Å². The van der Waals surface area contributed by atoms with Gasteiger partial charge in [0, 0.05) is 17.7 Å². The summed E-state index contributed by atoms with van der Waals surface area (Å²) >= 11 is 0. The minimum absolute atomic E-state index is 0.0342. The second-order valence-corrected chi connectivity index (χ2v) is 11.8. The lowest BCUT2D eigenvalue weighted by Crippen LogP contribution is -2.39. The van der Waals surface area contributed by atoms with Gasteiger partial charge in [-0.05, 0) is 93.8 Å². The van der Waals surface area contributed by atoms with Gasteiger partial charge < -0.3 is 29.6 Å². The Hall–Kier alpha value is -4.88. The number of carbonyl (C=O) groups is 3. The van der Waals surface area contributed by atoms with Crippen LogP contribution < -0.4 is 20.1 Å². The normalized spacial score (nSPS) is 14.4. The fraction of sp³-hybridized carbons (Fsp3) is 0.394. The number of methoxy groups -OCH3 is 2. The number of alkyl carbamates (subject to hydrolysis) is 1. The third-order valence-corrected chi connectivity index (χ3v) is 6.90. The minimum Gasteiger partial charge on any atom is -0.493 e. The largest absolute Gasteiger partial charge is 0.493 e. The molecular formula is C33H35F4N3O7. The fourth-order valence-corrected chi connectivity index (χ4v) is 4.47. The maximum atomic E-state index is 14.6. The number of nitrogens with one attached hydrogen (secondary N) is 2. The SMILES string of the molecule is COC(=O)C(NC(=O)OC(C)(C)C)c1cc(-c2ccc(F)cc2)nc(C(CNC(=O)c2ccc(OC3CC3)c(OC)c2)C(F)(F)F)c1. The molecule has 2 aromatic carbocycles. The summed E-state index contributed by atoms with van der Waals surface area (Å²) in [6.07, 6.45) is -4.13. The van der Waals surface area contributed by atoms with Gasteiger partial charge in [-0.15, -0.1) is 0 Å². The summed E-state index contributed by atoms with van der Waals surface area (Å²) in [4.78, 5) is 42.7. The van der Waals surface area contributed by atoms with Crippen LogP contribution in [0.4, 0.5) is 22.4 Å². The summed E-state index contributed by atoms with van der Waals surface area (Å²) < 4.78 is 78.7. The topological polar surface area (TPSA) is 125 Å². The van der Waals surface area contributed by atoms with Gasteiger partial charge in [-0.3, -0.25) is 9.78 Å². The van der Waals surface area contributed by atoms with Crippen molar-refractivity contribution in [3.05, 3.63) is 77.2 Å². The average Bonchev–Trinajstić information content (AvgIpc) is 3.82. The van der Waals surface area contributed by atoms with Crippen LogP contribution in [0.2, 0.25) is 0 Å². The van der Waals surface area contributed by atoms with Gasteiger partial charge in [0.15, 0.2) is 17.5 Å². The second kappa shape index (κ2) is 14.3. The Bertz CT molecular complexity index is 1600. The molecule has 2 amide bonds. The number of ether oxygens (including phenoxy) is 4. The van der Waals surface area contributed by atoms with E-state index in [-0.39, 0.29) is 34.2 Å². The highest BCUT2D eigenvalue weighted by molar-refractivity contribution is 5.95. The van der Waals surface area contributed by atoms with Crippen LogP contribution in [-0.2, 0) is 14.3 Å². The number of nitrogens with zero attached hydrogens (tertiary/aromatic N) is 1. The molecule has 1 fully saturated rings. The van der Waals surface area contributed by atoms with Crippen molar-refractivity contribution >= 4 is 18.0 Å². The van der Waals surface area contributed by atoms with Crippen molar-refractivity contribution < 1.29 is 50.9 Å². The van der Waals surface area contributed by atoms with Gasteiger partial charge in [-0.2, -0.15) is 13.2 Å². The van der Waals surface area contributed by atoms with Crippen LogP contribution in [0.1, 0.15) is 67.2 Å². The zero-order valence-electron chi connectivity index (χ0n) is 26.4. The number of rotatable bonds is 11. The first-order valence-corrected chi connectivity index (χ1v) is 14.6. The first kappa shape index (κ1) is 35.0. The third kappa shape index (κ3) is 9.56. The van der Waals surface area contributed by atoms with Gasteiger partial charge in [0.1, 0.15) is 17.3 Å². The molecular weight excluding hydrogens is 626 g/mol. The number of amides is 2. The Morgan fingerprint density at radius 2 is 1.64 bits per heavy atom. The van der Waals surface area contributed by atoms with Gasteiger partial charge in [0.05, 0.1) is 31.7 Å². The maximum Gasteiger partial charge on any atom is 0.408 e. The highest BCUT2D eigenvalue weighted by atomic mass is 19.4. The van der Waals surface area contributed by atoms with E-state index < -0.39 is 59.8 Å². The van der Waals surface area contributed by atoms with E-state index in [0.29, 0.717) is 5.75 Å². The van der Waals surface area contributed by atoms with Crippen molar-refractivity contribution in [1.82, 2.24) is 15.6 Å². The molecule has 14 heteroatoms. The van der Waals surface area contributed by atoms with Crippen molar-refractivity contribution in [2.45, 2.75) is 63.5 Å². The number of hydrogen-bond acceptors (Lipinski definition) is 8. The molecule has 4 rings (SSSR count). The molecule has 1 aliphatic carbocycles. The second-order valence-electron chi connectivity index (χ2n) is 11.8. The Kier molecular flexibility index (Phi) is 10.6. The number of carbonyl (C=O) groups excluding carboxylic acids is 3. The third-order valence-electron chi connectivity index (χ3n) is 6.90. The van der Waals surface area contributed by atoms with Gasteiger partial charge in [-0.25, -0.2) is 14.0 Å². The van der Waals surface area contributed by atoms with Crippen LogP contribution in [0, 0.1) is 5.82 Å². The van der Waals surface area contributed by atoms with E-state index in [1.807, 2.05) is 0 Å². The molecule has 1 heterocycles. The van der Waals surface area contributed by atoms with E-state index >= 15 is 0 Å². The lowest BCUT2D eigenvalue weighted by molar-refractivity contribution is -0.149. The fourth-order valence-electron chi connectivity index (χ4n) is 4.47. The molecule has 2 N–H and O–H groups in total. The molecule has 0 saturated heterocycles. The van der Waals surface area contributed by atoms with Gasteiger partial charge in [-0.1, -0.05) is 0 Å². The van der Waals surface area contributed by atoms with Crippen LogP contribution in [0.3, 0.4) is 0 Å². The molecule has 1 aliphatic rings. The molecule has 3 aromatic rings. The summed E-state index contributed by atoms with van der Waals surface area (Å²) in [6.45, 7) is 3.83. The number of alkyl halides is 3. The number of esters is 1. The molecule has 252 valence electrons. The first-order chi connectivity index (χ1) is 22.1. The van der Waals surface area contributed by atoms with Crippen molar-refractivity contribution in [3.8, 4) is 22.8 Å². The van der Waals surface area contributed by atoms with Crippen molar-refractivity contribution in [2.75, 3.05) is 20.8 Å². The van der Waals surface area contributed by atoms with Crippen LogP contribution in [0.15, 0.2) is 54.6 Å². The highest BCUT2D eigenvalue weighted by Gasteiger charge is 2.43. The molecule has 10 nitrogen and oxygen atoms in total. The smallest absolute Gasteiger partial charge is 0.408 e. The van der Waals surface area contributed by atoms with Crippen LogP contribution in [-0.4, -0.2) is 61.6 Å². The van der Waals surface area contributed by atoms with Gasteiger partial charge >= 0.3 is 18.2 Å². The summed E-state index contributed by atoms with van der Waals surface area (Å²) in [5, 5.41) is 4.65. The molecule has 1 aromatic heterocycles. The van der Waals surface area contributed by atoms with Crippen LogP contribution in [0.5, 0.6) is 11.5 Å². The average molecular weight is 662 g/mol. The Balaban J connectivity index is 1.70. The Morgan fingerprint density at radius 1 is 0.957 bits per heavy atom. The number of halogens is 4. The molecule has 2 atom stereocenters. The molecule has 47 heavy (non-hydrogen) atoms. The monoisotopic (exact) mass is 661 g/mol. The first-order valence-electron chi connectivity index (χ1n) is 14.6. The Labute approximate surface area is 268 Å². The van der Waals surface area contributed by atoms with Crippen molar-refractivity contribution in [2.24, 2.45) is 0 Å². The lowest BCUT2D eigenvalue weighted by Gasteiger charge is -2.25. The number of aromatic nitrogens is 1. The van der Waals surface area contributed by atoms with E-state index in [1.54, 1.807) is 20.8 Å². The van der Waals surface area contributed by atoms with E-state index in [9.17, 15) is 31.9 Å². The quantitative estimate of drug-likeness (QED) is 0.183. The number of hydrogen-bond donors (Lipinski definition) is 2. The molecule has 2 unspecified atom stereocenters. The molecule has 1 saturated carbocycles. The van der Waals surface area contributed by atoms with Crippen molar-refractivity contribution in [1.29, 1.82) is 0 Å². The van der Waals surface area contributed by atoms with E-state index in [1.165, 1.54) is 43.5 Å². The Morgan fingerprint density at radius 3 is 2.21 bits per heavy atom. The number of pyridine rings is 1. The van der Waals surface area contributed by atoms with Crippen LogP contribution >= 0.6 is 0 Å². The summed E-state index contributed by atoms with van der Waals surface area (Å²) in [5.74, 6) is -4.12. The van der Waals surface area contributed by atoms with Gasteiger partial charge in [0.25, 0.3) is 5.91 Å². The summed E-state index contributed by atoms with van der Waals surface area (Å²) in [6, 6.07) is 9.73. The standard InChI is InChI=1S/C33H35F4N3O7/c1-32(2,3)47-31(43)40-28(30(42)45-5)20-14-24(18-6-9-21(34)10-7-18)39-25(15-20)23(33(35,36)37)17-38-29(41)19-8-13-26(27(16-19)44-4)46-22-11-12-22/h6-10,13-16,22-23,28H,11-12,17H2,1-5H3,(H,38,41)(H,40,43). The zero-order chi connectivity index (χ0) is 34.5. The molecule has 0 aliphatic heterocycles. The maximum absolute atomic E-state index is 14.6. The summed E-state index contributed by atoms with van der Waals surface area (Å²) in [5.41, 5.74) is -1.47. The highest BCUT2D eigenvalue weighted by Crippen LogP contribution is 2.37. The molecule has 0 radical (unpaired) electrons. The van der Waals surface area contributed by atoms with E-state index in [4.69, 9.17) is 18.9 Å². The van der Waals surface area contributed by atoms with Crippen molar-refractivity contribution in [3.63, 3.8) is 0 Å². The zero-order valence-corrected chi connectivity index (χ0v) is 26.4. The van der Waals surface area contributed by atoms with E-state index in [2.05, 4.69) is 15.6 Å². The molecule has 0 bridgehead atoms. The predicted molar refractivity (Wildman–Crippen MR) is 162 cm³/mol. The van der Waals surface area contributed by atoms with E-state index in [0.717, 1.165) is 38.2 Å². The minimum atomic E-state index is -4.93. The predicted octanol–water partition coefficient (Wildman–Crippen LogP) is 6.25. The lowest BCUT2D eigenvalue weighted by atomic mass is 9.97.